The van der Waals surface area contributed by atoms with Crippen LogP contribution in [0.3, 0.4) is 0 Å². The summed E-state index contributed by atoms with van der Waals surface area (Å²) in [6.45, 7) is 6.24. The van der Waals surface area contributed by atoms with Crippen LogP contribution in [0, 0.1) is 0 Å². The molecule has 0 aliphatic carbocycles. The van der Waals surface area contributed by atoms with Gasteiger partial charge in [0, 0.05) is 0 Å². The molecule has 6 heteroatoms. The Labute approximate surface area is 83.7 Å². The molecule has 0 aromatic carbocycles. The van der Waals surface area contributed by atoms with Gasteiger partial charge in [-0.3, -0.25) is 9.83 Å². The van der Waals surface area contributed by atoms with Crippen molar-refractivity contribution in [1.82, 2.24) is 0 Å². The van der Waals surface area contributed by atoms with Gasteiger partial charge >= 0.3 is 26.5 Å². The molecule has 0 saturated heterocycles. The predicted molar refractivity (Wildman–Crippen MR) is 43.8 cm³/mol. The monoisotopic (exact) mass is 229 g/mol. The second-order valence-electron chi connectivity index (χ2n) is 2.43. The van der Waals surface area contributed by atoms with Crippen LogP contribution in [0.2, 0.25) is 18.1 Å². The van der Waals surface area contributed by atoms with E-state index in [1.54, 1.807) is 0 Å². The van der Waals surface area contributed by atoms with Crippen LogP contribution in [-0.2, 0) is 27.4 Å². The molecule has 0 heterocycles. The predicted octanol–water partition coefficient (Wildman–Crippen LogP) is 1.80. The van der Waals surface area contributed by atoms with E-state index in [1.807, 2.05) is 0 Å². The van der Waals surface area contributed by atoms with E-state index in [-0.39, 0.29) is 0 Å². The summed E-state index contributed by atoms with van der Waals surface area (Å²) in [4.78, 5) is 0. The Bertz CT molecular complexity index is 90.2. The van der Waals surface area contributed by atoms with Gasteiger partial charge in [0.25, 0.3) is 0 Å². The molecule has 0 aromatic rings. The molecule has 0 rings (SSSR count). The van der Waals surface area contributed by atoms with Gasteiger partial charge in [0.1, 0.15) is 0 Å². The van der Waals surface area contributed by atoms with E-state index in [1.165, 1.54) is 0 Å². The van der Waals surface area contributed by atoms with Crippen LogP contribution in [0.25, 0.3) is 0 Å². The van der Waals surface area contributed by atoms with Crippen molar-refractivity contribution in [2.75, 3.05) is 0 Å². The third-order valence-corrected chi connectivity index (χ3v) is 6.38. The van der Waals surface area contributed by atoms with Crippen LogP contribution >= 0.6 is 0 Å². The van der Waals surface area contributed by atoms with Gasteiger partial charge in [0.15, 0.2) is 0 Å². The summed E-state index contributed by atoms with van der Waals surface area (Å²) in [6.07, 6.45) is 0. The van der Waals surface area contributed by atoms with Crippen molar-refractivity contribution in [2.24, 2.45) is 0 Å². The van der Waals surface area contributed by atoms with Crippen LogP contribution in [-0.4, -0.2) is 17.3 Å². The third-order valence-electron chi connectivity index (χ3n) is 2.13. The molecular formula is C6H17O4SiTi. The van der Waals surface area contributed by atoms with Crippen molar-refractivity contribution in [3.05, 3.63) is 0 Å². The fraction of sp³-hybridized carbons (Fsp3) is 1.00. The van der Waals surface area contributed by atoms with Crippen LogP contribution in [0.15, 0.2) is 0 Å². The van der Waals surface area contributed by atoms with E-state index >= 15 is 0 Å². The molecular weight excluding hydrogens is 212 g/mol. The van der Waals surface area contributed by atoms with Crippen molar-refractivity contribution < 1.29 is 36.4 Å². The van der Waals surface area contributed by atoms with Gasteiger partial charge in [-0.25, -0.2) is 0 Å². The zero-order chi connectivity index (χ0) is 10.0. The van der Waals surface area contributed by atoms with Gasteiger partial charge in [-0.2, -0.15) is 0 Å². The molecule has 12 heavy (non-hydrogen) atoms. The Morgan fingerprint density at radius 1 is 1.25 bits per heavy atom. The van der Waals surface area contributed by atoms with Crippen molar-refractivity contribution in [3.63, 3.8) is 0 Å². The second kappa shape index (κ2) is 9.70. The van der Waals surface area contributed by atoms with Gasteiger partial charge < -0.3 is 0 Å². The average Bonchev–Trinajstić information content (AvgIpc) is 2.11. The van der Waals surface area contributed by atoms with Crippen LogP contribution < -0.4 is 0 Å². The van der Waals surface area contributed by atoms with E-state index in [9.17, 15) is 0 Å². The zero-order valence-electron chi connectivity index (χ0n) is 7.83. The molecule has 0 spiro atoms. The maximum absolute atomic E-state index is 8.61. The van der Waals surface area contributed by atoms with Crippen LogP contribution in [0.5, 0.6) is 0 Å². The van der Waals surface area contributed by atoms with E-state index < -0.39 is 27.8 Å². The first-order valence-electron chi connectivity index (χ1n) is 4.00. The fourth-order valence-corrected chi connectivity index (χ4v) is 2.83. The number of rotatable bonds is 4. The summed E-state index contributed by atoms with van der Waals surface area (Å²) in [5, 5.41) is 8.54. The second-order valence-corrected chi connectivity index (χ2v) is 7.38. The van der Waals surface area contributed by atoms with E-state index in [0.717, 1.165) is 18.1 Å². The summed E-state index contributed by atoms with van der Waals surface area (Å²) < 4.78 is 20.3. The van der Waals surface area contributed by atoms with E-state index in [0.29, 0.717) is 0 Å². The van der Waals surface area contributed by atoms with Gasteiger partial charge in [-0.1, -0.05) is 20.8 Å². The van der Waals surface area contributed by atoms with E-state index in [2.05, 4.69) is 25.3 Å². The molecule has 0 atom stereocenters. The molecule has 0 bridgehead atoms. The zero-order valence-corrected chi connectivity index (χ0v) is 10.4. The quantitative estimate of drug-likeness (QED) is 0.438. The maximum atomic E-state index is 8.61. The fourth-order valence-electron chi connectivity index (χ4n) is 0.944. The van der Waals surface area contributed by atoms with Crippen molar-refractivity contribution in [3.8, 4) is 0 Å². The summed E-state index contributed by atoms with van der Waals surface area (Å²) in [5.74, 6) is 0. The first kappa shape index (κ1) is 15.1. The Hall–Kier alpha value is 0.611. The Morgan fingerprint density at radius 2 is 1.50 bits per heavy atom. The molecule has 0 amide bonds. The van der Waals surface area contributed by atoms with Crippen LogP contribution in [0.4, 0.5) is 0 Å². The molecule has 0 radical (unpaired) electrons. The van der Waals surface area contributed by atoms with Gasteiger partial charge in [-0.15, -0.1) is 0 Å². The Balaban J connectivity index is 0. The SMILES string of the molecule is CC[Si](CC)(CC)OO.[O]=[Ti][OH]. The first-order chi connectivity index (χ1) is 5.66. The topological polar surface area (TPSA) is 66.8 Å². The molecule has 0 aliphatic heterocycles. The molecule has 0 aliphatic rings. The van der Waals surface area contributed by atoms with Gasteiger partial charge in [-0.05, 0) is 18.1 Å². The Morgan fingerprint density at radius 3 is 1.50 bits per heavy atom. The number of hydrogen-bond donors (Lipinski definition) is 2. The summed E-state index contributed by atoms with van der Waals surface area (Å²) in [5.41, 5.74) is 0. The average molecular weight is 229 g/mol. The third kappa shape index (κ3) is 6.16. The van der Waals surface area contributed by atoms with Crippen molar-refractivity contribution in [1.29, 1.82) is 0 Å². The van der Waals surface area contributed by atoms with Crippen molar-refractivity contribution >= 4 is 8.32 Å². The molecule has 4 nitrogen and oxygen atoms in total. The van der Waals surface area contributed by atoms with E-state index in [4.69, 9.17) is 12.3 Å². The van der Waals surface area contributed by atoms with Crippen LogP contribution in [0.1, 0.15) is 20.8 Å². The molecule has 0 aromatic heterocycles. The van der Waals surface area contributed by atoms with Gasteiger partial charge in [0.05, 0.1) is 0 Å². The molecule has 73 valence electrons. The first-order valence-corrected chi connectivity index (χ1v) is 7.86. The Kier molecular flexibility index (Phi) is 12.2. The number of hydrogen-bond acceptors (Lipinski definition) is 3. The molecule has 0 saturated carbocycles. The molecule has 0 unspecified atom stereocenters. The normalized spacial score (nSPS) is 9.75. The standard InChI is InChI=1S/C6H16O2Si.H2O.O.Ti/c1-4-9(5-2,6-3)8-7;;;/h7H,4-6H2,1-3H3;1H2;;/q;;;+1/p-1. The minimum absolute atomic E-state index is 1.01. The van der Waals surface area contributed by atoms with Gasteiger partial charge in [0.2, 0.25) is 8.32 Å². The minimum atomic E-state index is -1.75. The molecule has 2 N–H and O–H groups in total. The molecule has 0 fully saturated rings. The van der Waals surface area contributed by atoms with Crippen molar-refractivity contribution in [2.45, 2.75) is 38.9 Å². The summed E-state index contributed by atoms with van der Waals surface area (Å²) >= 11 is -1.75. The summed E-state index contributed by atoms with van der Waals surface area (Å²) in [7, 11) is -1.64. The summed E-state index contributed by atoms with van der Waals surface area (Å²) in [6, 6.07) is 3.03.